The van der Waals surface area contributed by atoms with E-state index in [2.05, 4.69) is 34.5 Å². The van der Waals surface area contributed by atoms with E-state index in [9.17, 15) is 8.42 Å². The van der Waals surface area contributed by atoms with Gasteiger partial charge in [-0.15, -0.1) is 11.8 Å². The first kappa shape index (κ1) is 19.5. The number of sulfone groups is 1. The predicted molar refractivity (Wildman–Crippen MR) is 110 cm³/mol. The van der Waals surface area contributed by atoms with E-state index in [4.69, 9.17) is 4.99 Å². The van der Waals surface area contributed by atoms with Gasteiger partial charge in [-0.1, -0.05) is 18.2 Å². The van der Waals surface area contributed by atoms with Crippen LogP contribution in [0.3, 0.4) is 0 Å². The summed E-state index contributed by atoms with van der Waals surface area (Å²) in [5, 5.41) is 3.35. The third kappa shape index (κ3) is 4.36. The van der Waals surface area contributed by atoms with E-state index in [1.54, 1.807) is 0 Å². The molecule has 0 radical (unpaired) electrons. The molecule has 0 unspecified atom stereocenters. The first-order chi connectivity index (χ1) is 12.3. The molecule has 1 N–H and O–H groups in total. The molecule has 2 aliphatic rings. The standard InChI is InChI=1S/C19H29N3O2S2/c1-4-20-17(22-12-13-26(23,24)18(2,3)15-22)21-14-19(10-11-19)25-16-8-6-5-7-9-16/h5-9H,4,10-15H2,1-3H3,(H,20,21). The second-order valence-corrected chi connectivity index (χ2v) is 12.1. The molecule has 1 saturated carbocycles. The maximum absolute atomic E-state index is 12.3. The first-order valence-corrected chi connectivity index (χ1v) is 11.7. The smallest absolute Gasteiger partial charge is 0.194 e. The Bertz CT molecular complexity index is 756. The lowest BCUT2D eigenvalue weighted by Gasteiger charge is -2.39. The molecule has 144 valence electrons. The van der Waals surface area contributed by atoms with Crippen LogP contribution in [0.5, 0.6) is 0 Å². The summed E-state index contributed by atoms with van der Waals surface area (Å²) in [7, 11) is -3.04. The van der Waals surface area contributed by atoms with Crippen molar-refractivity contribution in [2.75, 3.05) is 31.9 Å². The van der Waals surface area contributed by atoms with Crippen molar-refractivity contribution >= 4 is 27.6 Å². The first-order valence-electron chi connectivity index (χ1n) is 9.27. The third-order valence-electron chi connectivity index (χ3n) is 5.08. The van der Waals surface area contributed by atoms with E-state index in [1.165, 1.54) is 17.7 Å². The predicted octanol–water partition coefficient (Wildman–Crippen LogP) is 2.79. The molecule has 1 heterocycles. The number of nitrogens with one attached hydrogen (secondary N) is 1. The average molecular weight is 396 g/mol. The van der Waals surface area contributed by atoms with E-state index >= 15 is 0 Å². The summed E-state index contributed by atoms with van der Waals surface area (Å²) in [6.45, 7) is 8.21. The number of aliphatic imine (C=N–C) groups is 1. The molecule has 1 aliphatic carbocycles. The van der Waals surface area contributed by atoms with Gasteiger partial charge in [-0.25, -0.2) is 8.42 Å². The van der Waals surface area contributed by atoms with Crippen molar-refractivity contribution in [2.45, 2.75) is 48.0 Å². The Hall–Kier alpha value is -1.21. The van der Waals surface area contributed by atoms with Gasteiger partial charge in [-0.3, -0.25) is 4.99 Å². The minimum absolute atomic E-state index is 0.189. The van der Waals surface area contributed by atoms with Gasteiger partial charge in [0, 0.05) is 29.3 Å². The van der Waals surface area contributed by atoms with Crippen molar-refractivity contribution in [3.63, 3.8) is 0 Å². The number of benzene rings is 1. The highest BCUT2D eigenvalue weighted by Crippen LogP contribution is 2.51. The molecule has 0 atom stereocenters. The quantitative estimate of drug-likeness (QED) is 0.614. The van der Waals surface area contributed by atoms with Crippen molar-refractivity contribution in [1.29, 1.82) is 0 Å². The van der Waals surface area contributed by atoms with Gasteiger partial charge < -0.3 is 10.2 Å². The molecule has 0 spiro atoms. The third-order valence-corrected chi connectivity index (χ3v) is 9.09. The molecule has 0 amide bonds. The summed E-state index contributed by atoms with van der Waals surface area (Å²) in [4.78, 5) is 8.29. The fourth-order valence-electron chi connectivity index (χ4n) is 3.14. The van der Waals surface area contributed by atoms with Crippen LogP contribution in [0, 0.1) is 0 Å². The second-order valence-electron chi connectivity index (χ2n) is 7.77. The van der Waals surface area contributed by atoms with Gasteiger partial charge >= 0.3 is 0 Å². The molecule has 1 aromatic rings. The van der Waals surface area contributed by atoms with Crippen LogP contribution in [0.1, 0.15) is 33.6 Å². The van der Waals surface area contributed by atoms with E-state index in [-0.39, 0.29) is 10.5 Å². The second kappa shape index (κ2) is 7.43. The van der Waals surface area contributed by atoms with Crippen LogP contribution < -0.4 is 5.32 Å². The lowest BCUT2D eigenvalue weighted by molar-refractivity contribution is 0.353. The lowest BCUT2D eigenvalue weighted by Crippen LogP contribution is -2.57. The molecule has 5 nitrogen and oxygen atoms in total. The molecule has 7 heteroatoms. The zero-order chi connectivity index (χ0) is 18.8. The molecule has 1 saturated heterocycles. The normalized spacial score (nSPS) is 23.5. The number of rotatable bonds is 5. The number of hydrogen-bond acceptors (Lipinski definition) is 4. The highest BCUT2D eigenvalue weighted by atomic mass is 32.2. The van der Waals surface area contributed by atoms with Crippen molar-refractivity contribution in [3.05, 3.63) is 30.3 Å². The number of thioether (sulfide) groups is 1. The van der Waals surface area contributed by atoms with Crippen LogP contribution in [-0.4, -0.2) is 60.7 Å². The molecular weight excluding hydrogens is 366 g/mol. The molecule has 1 aliphatic heterocycles. The lowest BCUT2D eigenvalue weighted by atomic mass is 10.2. The molecular formula is C19H29N3O2S2. The van der Waals surface area contributed by atoms with Crippen LogP contribution in [0.15, 0.2) is 40.2 Å². The highest BCUT2D eigenvalue weighted by Gasteiger charge is 2.44. The van der Waals surface area contributed by atoms with Crippen LogP contribution in [0.2, 0.25) is 0 Å². The maximum atomic E-state index is 12.3. The van der Waals surface area contributed by atoms with E-state index in [1.807, 2.05) is 38.6 Å². The van der Waals surface area contributed by atoms with Crippen molar-refractivity contribution in [3.8, 4) is 0 Å². The summed E-state index contributed by atoms with van der Waals surface area (Å²) in [5.41, 5.74) is 0. The van der Waals surface area contributed by atoms with Crippen LogP contribution in [0.4, 0.5) is 0 Å². The SMILES string of the molecule is CCNC(=NCC1(Sc2ccccc2)CC1)N1CCS(=O)(=O)C(C)(C)C1. The van der Waals surface area contributed by atoms with Crippen molar-refractivity contribution < 1.29 is 8.42 Å². The topological polar surface area (TPSA) is 61.8 Å². The zero-order valence-corrected chi connectivity index (χ0v) is 17.5. The number of guanidine groups is 1. The van der Waals surface area contributed by atoms with Crippen molar-refractivity contribution in [1.82, 2.24) is 10.2 Å². The fourth-order valence-corrected chi connectivity index (χ4v) is 5.73. The number of hydrogen-bond donors (Lipinski definition) is 1. The fraction of sp³-hybridized carbons (Fsp3) is 0.632. The van der Waals surface area contributed by atoms with Gasteiger partial charge in [0.2, 0.25) is 0 Å². The maximum Gasteiger partial charge on any atom is 0.194 e. The van der Waals surface area contributed by atoms with Gasteiger partial charge in [0.15, 0.2) is 15.8 Å². The van der Waals surface area contributed by atoms with Crippen molar-refractivity contribution in [2.24, 2.45) is 4.99 Å². The molecule has 0 aromatic heterocycles. The zero-order valence-electron chi connectivity index (χ0n) is 15.9. The van der Waals surface area contributed by atoms with E-state index in [0.717, 1.165) is 19.0 Å². The Morgan fingerprint density at radius 2 is 1.96 bits per heavy atom. The van der Waals surface area contributed by atoms with E-state index < -0.39 is 14.6 Å². The van der Waals surface area contributed by atoms with Gasteiger partial charge in [0.1, 0.15) is 0 Å². The Morgan fingerprint density at radius 3 is 2.54 bits per heavy atom. The molecule has 0 bridgehead atoms. The molecule has 26 heavy (non-hydrogen) atoms. The highest BCUT2D eigenvalue weighted by molar-refractivity contribution is 8.01. The van der Waals surface area contributed by atoms with Crippen LogP contribution in [0.25, 0.3) is 0 Å². The summed E-state index contributed by atoms with van der Waals surface area (Å²) < 4.78 is 24.0. The van der Waals surface area contributed by atoms with E-state index in [0.29, 0.717) is 13.1 Å². The van der Waals surface area contributed by atoms with Gasteiger partial charge in [0.25, 0.3) is 0 Å². The van der Waals surface area contributed by atoms with Gasteiger partial charge in [-0.05, 0) is 45.7 Å². The molecule has 2 fully saturated rings. The van der Waals surface area contributed by atoms with Crippen LogP contribution >= 0.6 is 11.8 Å². The summed E-state index contributed by atoms with van der Waals surface area (Å²) >= 11 is 1.91. The molecule has 3 rings (SSSR count). The summed E-state index contributed by atoms with van der Waals surface area (Å²) in [6.07, 6.45) is 2.35. The Morgan fingerprint density at radius 1 is 1.27 bits per heavy atom. The minimum atomic E-state index is -3.04. The monoisotopic (exact) mass is 395 g/mol. The van der Waals surface area contributed by atoms with Crippen LogP contribution in [-0.2, 0) is 9.84 Å². The Balaban J connectivity index is 1.70. The largest absolute Gasteiger partial charge is 0.357 e. The van der Waals surface area contributed by atoms with Gasteiger partial charge in [0.05, 0.1) is 17.0 Å². The Kier molecular flexibility index (Phi) is 5.58. The molecule has 1 aromatic carbocycles. The Labute approximate surface area is 161 Å². The average Bonchev–Trinajstić information content (AvgIpc) is 3.35. The van der Waals surface area contributed by atoms with Gasteiger partial charge in [-0.2, -0.15) is 0 Å². The summed E-state index contributed by atoms with van der Waals surface area (Å²) in [6, 6.07) is 10.5. The number of nitrogens with zero attached hydrogens (tertiary/aromatic N) is 2. The summed E-state index contributed by atoms with van der Waals surface area (Å²) in [5.74, 6) is 1.03. The minimum Gasteiger partial charge on any atom is -0.357 e.